The Morgan fingerprint density at radius 3 is 2.76 bits per heavy atom. The van der Waals surface area contributed by atoms with Crippen LogP contribution in [0.2, 0.25) is 0 Å². The van der Waals surface area contributed by atoms with Crippen molar-refractivity contribution in [2.45, 2.75) is 46.0 Å². The fourth-order valence-corrected chi connectivity index (χ4v) is 3.57. The number of nitrogens with zero attached hydrogens (tertiary/aromatic N) is 1. The maximum absolute atomic E-state index is 12.8. The molecule has 0 unspecified atom stereocenters. The first-order valence-corrected chi connectivity index (χ1v) is 11.5. The number of fused-ring (bicyclic) bond motifs is 1. The summed E-state index contributed by atoms with van der Waals surface area (Å²) >= 11 is 0. The number of carbonyl (C=O) groups excluding carboxylic acids is 3. The molecule has 1 N–H and O–H groups in total. The smallest absolute Gasteiger partial charge is 0.265 e. The highest BCUT2D eigenvalue weighted by Crippen LogP contribution is 2.33. The first-order chi connectivity index (χ1) is 15.9. The predicted octanol–water partition coefficient (Wildman–Crippen LogP) is 4.10. The van der Waals surface area contributed by atoms with E-state index in [4.69, 9.17) is 9.47 Å². The van der Waals surface area contributed by atoms with Crippen LogP contribution in [-0.4, -0.2) is 43.9 Å². The molecule has 7 nitrogen and oxygen atoms in total. The fraction of sp³-hybridized carbons (Fsp3) is 0.423. The molecule has 0 radical (unpaired) electrons. The van der Waals surface area contributed by atoms with Crippen LogP contribution in [-0.2, 0) is 9.59 Å². The Bertz CT molecular complexity index is 1000. The normalized spacial score (nSPS) is 12.8. The van der Waals surface area contributed by atoms with E-state index in [9.17, 15) is 14.4 Å². The maximum Gasteiger partial charge on any atom is 0.265 e. The van der Waals surface area contributed by atoms with Gasteiger partial charge in [-0.1, -0.05) is 32.9 Å². The van der Waals surface area contributed by atoms with Gasteiger partial charge in [0, 0.05) is 25.1 Å². The molecule has 176 valence electrons. The Morgan fingerprint density at radius 1 is 1.18 bits per heavy atom. The van der Waals surface area contributed by atoms with Crippen molar-refractivity contribution in [3.8, 4) is 11.5 Å². The third-order valence-corrected chi connectivity index (χ3v) is 5.48. The maximum atomic E-state index is 12.8. The average molecular weight is 453 g/mol. The van der Waals surface area contributed by atoms with Gasteiger partial charge < -0.3 is 19.7 Å². The van der Waals surface area contributed by atoms with Crippen LogP contribution < -0.4 is 19.7 Å². The van der Waals surface area contributed by atoms with Gasteiger partial charge in [0.05, 0.1) is 5.69 Å². The van der Waals surface area contributed by atoms with Gasteiger partial charge in [-0.15, -0.1) is 0 Å². The molecule has 1 aliphatic heterocycles. The van der Waals surface area contributed by atoms with Crippen molar-refractivity contribution in [1.82, 2.24) is 5.32 Å². The van der Waals surface area contributed by atoms with Crippen molar-refractivity contribution in [3.05, 3.63) is 53.6 Å². The number of anilines is 1. The highest BCUT2D eigenvalue weighted by atomic mass is 16.5. The van der Waals surface area contributed by atoms with Gasteiger partial charge in [-0.05, 0) is 54.7 Å². The quantitative estimate of drug-likeness (QED) is 0.519. The summed E-state index contributed by atoms with van der Waals surface area (Å²) in [6.07, 6.45) is 1.74. The number of amides is 2. The second kappa shape index (κ2) is 11.5. The molecule has 0 fully saturated rings. The zero-order valence-corrected chi connectivity index (χ0v) is 19.6. The minimum Gasteiger partial charge on any atom is -0.485 e. The highest BCUT2D eigenvalue weighted by molar-refractivity contribution is 6.02. The molecule has 0 atom stereocenters. The van der Waals surface area contributed by atoms with Crippen molar-refractivity contribution in [1.29, 1.82) is 0 Å². The average Bonchev–Trinajstić information content (AvgIpc) is 2.82. The number of carbonyl (C=O) groups is 3. The highest BCUT2D eigenvalue weighted by Gasteiger charge is 2.26. The Balaban J connectivity index is 1.65. The van der Waals surface area contributed by atoms with E-state index in [0.29, 0.717) is 54.6 Å². The summed E-state index contributed by atoms with van der Waals surface area (Å²) in [5.41, 5.74) is 2.13. The second-order valence-electron chi connectivity index (χ2n) is 8.41. The Morgan fingerprint density at radius 2 is 2.00 bits per heavy atom. The van der Waals surface area contributed by atoms with Crippen LogP contribution in [0.4, 0.5) is 5.69 Å². The summed E-state index contributed by atoms with van der Waals surface area (Å²) in [6, 6.07) is 12.8. The van der Waals surface area contributed by atoms with Crippen molar-refractivity contribution >= 4 is 23.3 Å². The van der Waals surface area contributed by atoms with Crippen molar-refractivity contribution in [2.75, 3.05) is 31.2 Å². The molecule has 0 spiro atoms. The van der Waals surface area contributed by atoms with Crippen molar-refractivity contribution in [2.24, 2.45) is 0 Å². The molecular formula is C26H32N2O5. The largest absolute Gasteiger partial charge is 0.485 e. The summed E-state index contributed by atoms with van der Waals surface area (Å²) < 4.78 is 11.3. The van der Waals surface area contributed by atoms with Gasteiger partial charge in [0.15, 0.2) is 19.0 Å². The van der Waals surface area contributed by atoms with E-state index in [-0.39, 0.29) is 30.8 Å². The summed E-state index contributed by atoms with van der Waals surface area (Å²) in [5, 5.41) is 2.84. The van der Waals surface area contributed by atoms with Gasteiger partial charge >= 0.3 is 0 Å². The van der Waals surface area contributed by atoms with Crippen molar-refractivity contribution < 1.29 is 23.9 Å². The zero-order valence-electron chi connectivity index (χ0n) is 19.6. The molecular weight excluding hydrogens is 420 g/mol. The van der Waals surface area contributed by atoms with E-state index >= 15 is 0 Å². The lowest BCUT2D eigenvalue weighted by molar-refractivity contribution is -0.122. The number of nitrogens with one attached hydrogen (secondary N) is 1. The topological polar surface area (TPSA) is 84.9 Å². The summed E-state index contributed by atoms with van der Waals surface area (Å²) in [7, 11) is 0. The molecule has 2 aromatic carbocycles. The molecule has 7 heteroatoms. The van der Waals surface area contributed by atoms with Crippen LogP contribution in [0.15, 0.2) is 42.5 Å². The molecule has 0 bridgehead atoms. The predicted molar refractivity (Wildman–Crippen MR) is 127 cm³/mol. The second-order valence-corrected chi connectivity index (χ2v) is 8.41. The van der Waals surface area contributed by atoms with Crippen LogP contribution in [0.3, 0.4) is 0 Å². The number of ether oxygens (including phenoxy) is 2. The Kier molecular flexibility index (Phi) is 8.46. The summed E-state index contributed by atoms with van der Waals surface area (Å²) in [5.74, 6) is 1.15. The van der Waals surface area contributed by atoms with Crippen molar-refractivity contribution in [3.63, 3.8) is 0 Å². The molecule has 0 aromatic heterocycles. The standard InChI is InChI=1S/C26H32N2O5/c1-4-12-27-25(30)9-6-13-28-22-15-20(10-11-24(22)33-17-26(28)31)23(29)16-32-21-8-5-7-19(14-21)18(2)3/h5,7-8,10-11,14-15,18H,4,6,9,12-13,16-17H2,1-3H3,(H,27,30). The number of hydrogen-bond acceptors (Lipinski definition) is 5. The van der Waals surface area contributed by atoms with E-state index in [1.165, 1.54) is 0 Å². The van der Waals surface area contributed by atoms with E-state index in [2.05, 4.69) is 19.2 Å². The van der Waals surface area contributed by atoms with Crippen LogP contribution in [0.5, 0.6) is 11.5 Å². The molecule has 0 aliphatic carbocycles. The van der Waals surface area contributed by atoms with Crippen LogP contribution >= 0.6 is 0 Å². The van der Waals surface area contributed by atoms with Gasteiger partial charge in [0.25, 0.3) is 5.91 Å². The molecule has 1 aliphatic rings. The molecule has 0 saturated carbocycles. The first kappa shape index (κ1) is 24.3. The van der Waals surface area contributed by atoms with Crippen LogP contribution in [0, 0.1) is 0 Å². The minimum absolute atomic E-state index is 0.0274. The Hall–Kier alpha value is -3.35. The molecule has 3 rings (SSSR count). The lowest BCUT2D eigenvalue weighted by Gasteiger charge is -2.29. The van der Waals surface area contributed by atoms with E-state index in [1.807, 2.05) is 31.2 Å². The number of hydrogen-bond donors (Lipinski definition) is 1. The first-order valence-electron chi connectivity index (χ1n) is 11.5. The monoisotopic (exact) mass is 452 g/mol. The number of rotatable bonds is 11. The van der Waals surface area contributed by atoms with Crippen LogP contribution in [0.1, 0.15) is 61.9 Å². The molecule has 33 heavy (non-hydrogen) atoms. The molecule has 0 saturated heterocycles. The lowest BCUT2D eigenvalue weighted by atomic mass is 10.0. The van der Waals surface area contributed by atoms with Crippen LogP contribution in [0.25, 0.3) is 0 Å². The van der Waals surface area contributed by atoms with E-state index in [0.717, 1.165) is 12.0 Å². The van der Waals surface area contributed by atoms with Gasteiger partial charge in [0.2, 0.25) is 5.91 Å². The van der Waals surface area contributed by atoms with Gasteiger partial charge in [-0.25, -0.2) is 0 Å². The summed E-state index contributed by atoms with van der Waals surface area (Å²) in [6.45, 7) is 7.06. The SMILES string of the molecule is CCCNC(=O)CCCN1C(=O)COc2ccc(C(=O)COc3cccc(C(C)C)c3)cc21. The molecule has 2 amide bonds. The van der Waals surface area contributed by atoms with Gasteiger partial charge in [-0.2, -0.15) is 0 Å². The molecule has 1 heterocycles. The zero-order chi connectivity index (χ0) is 23.8. The minimum atomic E-state index is -0.192. The third-order valence-electron chi connectivity index (χ3n) is 5.48. The molecule has 2 aromatic rings. The number of benzene rings is 2. The summed E-state index contributed by atoms with van der Waals surface area (Å²) in [4.78, 5) is 38.7. The Labute approximate surface area is 195 Å². The number of Topliss-reactive ketones (excluding diaryl/α,β-unsaturated/α-hetero) is 1. The number of ketones is 1. The third kappa shape index (κ3) is 6.57. The fourth-order valence-electron chi connectivity index (χ4n) is 3.57. The van der Waals surface area contributed by atoms with E-state index in [1.54, 1.807) is 23.1 Å². The van der Waals surface area contributed by atoms with Gasteiger partial charge in [0.1, 0.15) is 11.5 Å². The lowest BCUT2D eigenvalue weighted by Crippen LogP contribution is -2.40. The van der Waals surface area contributed by atoms with Gasteiger partial charge in [-0.3, -0.25) is 14.4 Å². The van der Waals surface area contributed by atoms with E-state index < -0.39 is 0 Å².